The first-order valence-electron chi connectivity index (χ1n) is 13.8. The first kappa shape index (κ1) is 26.1. The molecule has 2 aromatic rings. The second kappa shape index (κ2) is 10.1. The molecule has 3 fully saturated rings. The number of carbonyl (C=O) groups is 1. The zero-order chi connectivity index (χ0) is 26.5. The van der Waals surface area contributed by atoms with Crippen molar-refractivity contribution in [1.82, 2.24) is 14.1 Å². The fourth-order valence-corrected chi connectivity index (χ4v) is 9.49. The molecule has 0 radical (unpaired) electrons. The first-order valence-corrected chi connectivity index (χ1v) is 15.7. The van der Waals surface area contributed by atoms with Crippen LogP contribution in [0.3, 0.4) is 0 Å². The lowest BCUT2D eigenvalue weighted by Gasteiger charge is -2.51. The van der Waals surface area contributed by atoms with E-state index in [2.05, 4.69) is 23.1 Å². The molecule has 2 bridgehead atoms. The van der Waals surface area contributed by atoms with Crippen LogP contribution in [0.4, 0.5) is 4.79 Å². The van der Waals surface area contributed by atoms with E-state index in [0.29, 0.717) is 25.7 Å². The predicted octanol–water partition coefficient (Wildman–Crippen LogP) is 5.03. The lowest BCUT2D eigenvalue weighted by Crippen LogP contribution is -2.57. The zero-order valence-electron chi connectivity index (χ0n) is 21.9. The van der Waals surface area contributed by atoms with Crippen LogP contribution in [0.25, 0.3) is 0 Å². The van der Waals surface area contributed by atoms with Crippen LogP contribution in [0.15, 0.2) is 53.4 Å². The van der Waals surface area contributed by atoms with Crippen LogP contribution in [0.5, 0.6) is 0 Å². The van der Waals surface area contributed by atoms with Crippen molar-refractivity contribution in [2.45, 2.75) is 80.4 Å². The topological polar surface area (TPSA) is 70.2 Å². The van der Waals surface area contributed by atoms with E-state index in [1.165, 1.54) is 5.56 Å². The molecule has 0 aromatic heterocycles. The summed E-state index contributed by atoms with van der Waals surface area (Å²) in [6.45, 7) is 4.97. The Kier molecular flexibility index (Phi) is 6.95. The Morgan fingerprint density at radius 3 is 2.34 bits per heavy atom. The van der Waals surface area contributed by atoms with Crippen molar-refractivity contribution in [3.63, 3.8) is 0 Å². The van der Waals surface area contributed by atoms with Crippen molar-refractivity contribution in [3.05, 3.63) is 64.7 Å². The van der Waals surface area contributed by atoms with Crippen molar-refractivity contribution in [1.29, 1.82) is 0 Å². The third-order valence-corrected chi connectivity index (χ3v) is 11.6. The molecule has 4 heterocycles. The van der Waals surface area contributed by atoms with E-state index in [-0.39, 0.29) is 33.5 Å². The van der Waals surface area contributed by atoms with Gasteiger partial charge in [0.05, 0.1) is 11.6 Å². The summed E-state index contributed by atoms with van der Waals surface area (Å²) in [5.74, 6) is 0. The highest BCUT2D eigenvalue weighted by atomic mass is 35.5. The van der Waals surface area contributed by atoms with Gasteiger partial charge < -0.3 is 14.5 Å². The van der Waals surface area contributed by atoms with Crippen molar-refractivity contribution >= 4 is 27.7 Å². The standard InChI is InChI=1S/C29H36ClN3O4S/c1-2-37-28(34)33-22-11-12-23(33)18-24(17-22)31-15-13-29(14-16-31)20-32(19-21-7-3-4-8-25(21)29)38(35,36)27-10-6-5-9-26(27)30/h3-10,22-24H,2,11-20H2,1H3. The van der Waals surface area contributed by atoms with Crippen molar-refractivity contribution in [3.8, 4) is 0 Å². The summed E-state index contributed by atoms with van der Waals surface area (Å²) >= 11 is 6.34. The van der Waals surface area contributed by atoms with Crippen LogP contribution < -0.4 is 0 Å². The number of likely N-dealkylation sites (tertiary alicyclic amines) is 1. The molecule has 9 heteroatoms. The highest BCUT2D eigenvalue weighted by molar-refractivity contribution is 7.89. The second-order valence-electron chi connectivity index (χ2n) is 11.3. The van der Waals surface area contributed by atoms with E-state index < -0.39 is 10.0 Å². The lowest BCUT2D eigenvalue weighted by atomic mass is 9.69. The average Bonchev–Trinajstić information content (AvgIpc) is 3.19. The van der Waals surface area contributed by atoms with Crippen LogP contribution in [-0.4, -0.2) is 73.0 Å². The molecule has 6 rings (SSSR count). The number of sulfonamides is 1. The Morgan fingerprint density at radius 2 is 1.66 bits per heavy atom. The minimum Gasteiger partial charge on any atom is -0.450 e. The normalized spacial score (nSPS) is 27.3. The van der Waals surface area contributed by atoms with Gasteiger partial charge in [-0.2, -0.15) is 4.31 Å². The summed E-state index contributed by atoms with van der Waals surface area (Å²) in [4.78, 5) is 17.3. The first-order chi connectivity index (χ1) is 18.3. The van der Waals surface area contributed by atoms with Gasteiger partial charge in [0, 0.05) is 36.6 Å². The van der Waals surface area contributed by atoms with Gasteiger partial charge in [0.15, 0.2) is 0 Å². The molecule has 0 N–H and O–H groups in total. The summed E-state index contributed by atoms with van der Waals surface area (Å²) < 4.78 is 34.5. The largest absolute Gasteiger partial charge is 0.450 e. The van der Waals surface area contributed by atoms with Gasteiger partial charge in [-0.05, 0) is 81.8 Å². The number of carbonyl (C=O) groups excluding carboxylic acids is 1. The maximum atomic E-state index is 13.8. The number of rotatable bonds is 4. The molecule has 1 amide bonds. The Hall–Kier alpha value is -2.13. The van der Waals surface area contributed by atoms with E-state index in [9.17, 15) is 13.2 Å². The number of ether oxygens (including phenoxy) is 1. The molecule has 2 aromatic carbocycles. The molecule has 1 spiro atoms. The number of hydrogen-bond acceptors (Lipinski definition) is 5. The number of fused-ring (bicyclic) bond motifs is 4. The third kappa shape index (κ3) is 4.43. The summed E-state index contributed by atoms with van der Waals surface area (Å²) in [5, 5.41) is 0.263. The SMILES string of the molecule is CCOC(=O)N1C2CCC1CC(N1CCC3(CC1)CN(S(=O)(=O)c1ccccc1Cl)Cc1ccccc13)C2. The molecule has 4 aliphatic heterocycles. The minimum absolute atomic E-state index is 0.158. The van der Waals surface area contributed by atoms with Gasteiger partial charge in [0.2, 0.25) is 10.0 Å². The third-order valence-electron chi connectivity index (χ3n) is 9.33. The molecule has 0 saturated carbocycles. The van der Waals surface area contributed by atoms with Crippen molar-refractivity contribution in [2.24, 2.45) is 0 Å². The number of benzene rings is 2. The highest BCUT2D eigenvalue weighted by Crippen LogP contribution is 2.45. The van der Waals surface area contributed by atoms with Crippen molar-refractivity contribution < 1.29 is 17.9 Å². The number of halogens is 1. The van der Waals surface area contributed by atoms with Crippen LogP contribution in [0, 0.1) is 0 Å². The fraction of sp³-hybridized carbons (Fsp3) is 0.552. The fourth-order valence-electron chi connectivity index (χ4n) is 7.49. The van der Waals surface area contributed by atoms with Gasteiger partial charge in [-0.15, -0.1) is 0 Å². The molecule has 4 aliphatic rings. The molecular formula is C29H36ClN3O4S. The number of piperidine rings is 2. The van der Waals surface area contributed by atoms with Crippen molar-refractivity contribution in [2.75, 3.05) is 26.2 Å². The van der Waals surface area contributed by atoms with E-state index in [4.69, 9.17) is 16.3 Å². The van der Waals surface area contributed by atoms with E-state index in [1.54, 1.807) is 28.6 Å². The van der Waals surface area contributed by atoms with Gasteiger partial charge in [0.25, 0.3) is 0 Å². The van der Waals surface area contributed by atoms with E-state index in [0.717, 1.165) is 57.2 Å². The average molecular weight is 558 g/mol. The number of nitrogens with zero attached hydrogens (tertiary/aromatic N) is 3. The van der Waals surface area contributed by atoms with Gasteiger partial charge in [-0.3, -0.25) is 0 Å². The maximum absolute atomic E-state index is 13.8. The van der Waals surface area contributed by atoms with Gasteiger partial charge >= 0.3 is 6.09 Å². The quantitative estimate of drug-likeness (QED) is 0.527. The van der Waals surface area contributed by atoms with Gasteiger partial charge in [-0.25, -0.2) is 13.2 Å². The Morgan fingerprint density at radius 1 is 1.00 bits per heavy atom. The maximum Gasteiger partial charge on any atom is 0.410 e. The Labute approximate surface area is 230 Å². The Balaban J connectivity index is 1.21. The molecular weight excluding hydrogens is 522 g/mol. The molecule has 2 atom stereocenters. The van der Waals surface area contributed by atoms with Gasteiger partial charge in [-0.1, -0.05) is 48.0 Å². The van der Waals surface area contributed by atoms with Gasteiger partial charge in [0.1, 0.15) is 4.90 Å². The van der Waals surface area contributed by atoms with Crippen LogP contribution in [-0.2, 0) is 26.7 Å². The predicted molar refractivity (Wildman–Crippen MR) is 147 cm³/mol. The Bertz CT molecular complexity index is 1300. The highest BCUT2D eigenvalue weighted by Gasteiger charge is 2.49. The van der Waals surface area contributed by atoms with E-state index >= 15 is 0 Å². The number of amides is 1. The summed E-state index contributed by atoms with van der Waals surface area (Å²) in [7, 11) is -3.73. The van der Waals surface area contributed by atoms with Crippen LogP contribution in [0.1, 0.15) is 56.6 Å². The summed E-state index contributed by atoms with van der Waals surface area (Å²) in [6, 6.07) is 16.1. The molecule has 3 saturated heterocycles. The zero-order valence-corrected chi connectivity index (χ0v) is 23.5. The molecule has 7 nitrogen and oxygen atoms in total. The molecule has 0 aliphatic carbocycles. The molecule has 204 valence electrons. The summed E-state index contributed by atoms with van der Waals surface area (Å²) in [6.07, 6.45) is 5.75. The number of hydrogen-bond donors (Lipinski definition) is 0. The summed E-state index contributed by atoms with van der Waals surface area (Å²) in [5.41, 5.74) is 2.16. The monoisotopic (exact) mass is 557 g/mol. The lowest BCUT2D eigenvalue weighted by molar-refractivity contribution is 0.0237. The van der Waals surface area contributed by atoms with Crippen LogP contribution >= 0.6 is 11.6 Å². The minimum atomic E-state index is -3.73. The molecule has 2 unspecified atom stereocenters. The molecule has 38 heavy (non-hydrogen) atoms. The van der Waals surface area contributed by atoms with Crippen LogP contribution in [0.2, 0.25) is 5.02 Å². The smallest absolute Gasteiger partial charge is 0.410 e. The second-order valence-corrected chi connectivity index (χ2v) is 13.6. The van der Waals surface area contributed by atoms with E-state index in [1.807, 2.05) is 17.9 Å².